The molecule has 37 heavy (non-hydrogen) atoms. The molecule has 2 aliphatic rings. The Hall–Kier alpha value is -1.86. The fourth-order valence-electron chi connectivity index (χ4n) is 4.84. The smallest absolute Gasteiger partial charge is 0.335 e. The Labute approximate surface area is 217 Å². The summed E-state index contributed by atoms with van der Waals surface area (Å²) in [6.45, 7) is 2.03. The number of aliphatic hydroxyl groups is 5. The maximum absolute atomic E-state index is 11.4. The van der Waals surface area contributed by atoms with E-state index in [1.807, 2.05) is 19.1 Å². The van der Waals surface area contributed by atoms with E-state index in [0.717, 1.165) is 19.3 Å². The van der Waals surface area contributed by atoms with E-state index < -0.39 is 61.0 Å². The molecule has 7 N–H and O–H groups in total. The van der Waals surface area contributed by atoms with Crippen molar-refractivity contribution in [2.24, 2.45) is 11.8 Å². The summed E-state index contributed by atoms with van der Waals surface area (Å²) in [7, 11) is 0. The number of aliphatic carboxylic acids is 2. The molecule has 1 aliphatic carbocycles. The molecule has 1 saturated carbocycles. The van der Waals surface area contributed by atoms with Gasteiger partial charge in [-0.1, -0.05) is 50.5 Å². The zero-order valence-electron chi connectivity index (χ0n) is 21.2. The molecule has 0 aromatic carbocycles. The van der Waals surface area contributed by atoms with E-state index in [-0.39, 0.29) is 24.7 Å². The molecule has 212 valence electrons. The van der Waals surface area contributed by atoms with Crippen LogP contribution in [0.1, 0.15) is 64.7 Å². The van der Waals surface area contributed by atoms with Gasteiger partial charge in [-0.25, -0.2) is 4.79 Å². The van der Waals surface area contributed by atoms with Crippen LogP contribution >= 0.6 is 0 Å². The topological polar surface area (TPSA) is 194 Å². The van der Waals surface area contributed by atoms with Gasteiger partial charge in [0.15, 0.2) is 12.4 Å². The SMILES string of the molecule is CCCCC[C@@H](/C=C/[C@@H]1[C@H](C/C=C\CCCC(=O)O)[C@@H](O)C[C@H]1O)O[C@H]1O[C@@H](C(=O)O)[C@H](O)C(O)[C@@H]1O. The van der Waals surface area contributed by atoms with Gasteiger partial charge in [-0.15, -0.1) is 0 Å². The highest BCUT2D eigenvalue weighted by atomic mass is 16.7. The van der Waals surface area contributed by atoms with E-state index in [1.165, 1.54) is 0 Å². The number of carboxylic acids is 2. The zero-order chi connectivity index (χ0) is 27.5. The number of allylic oxidation sites excluding steroid dienone is 2. The molecule has 11 nitrogen and oxygen atoms in total. The first-order valence-electron chi connectivity index (χ1n) is 13.1. The van der Waals surface area contributed by atoms with Crippen molar-refractivity contribution in [2.45, 2.75) is 114 Å². The molecule has 2 rings (SSSR count). The van der Waals surface area contributed by atoms with E-state index in [0.29, 0.717) is 25.7 Å². The Bertz CT molecular complexity index is 770. The fraction of sp³-hybridized carbons (Fsp3) is 0.769. The van der Waals surface area contributed by atoms with Crippen LogP contribution in [0.15, 0.2) is 24.3 Å². The Morgan fingerprint density at radius 2 is 1.70 bits per heavy atom. The minimum Gasteiger partial charge on any atom is -0.481 e. The number of carbonyl (C=O) groups is 2. The average molecular weight is 531 g/mol. The van der Waals surface area contributed by atoms with Crippen molar-refractivity contribution in [1.29, 1.82) is 0 Å². The van der Waals surface area contributed by atoms with Gasteiger partial charge in [-0.3, -0.25) is 4.79 Å². The van der Waals surface area contributed by atoms with E-state index in [1.54, 1.807) is 12.2 Å². The molecule has 0 bridgehead atoms. The first-order chi connectivity index (χ1) is 17.6. The van der Waals surface area contributed by atoms with Gasteiger partial charge in [-0.2, -0.15) is 0 Å². The van der Waals surface area contributed by atoms with Crippen LogP contribution in [0, 0.1) is 11.8 Å². The van der Waals surface area contributed by atoms with Crippen molar-refractivity contribution in [3.63, 3.8) is 0 Å². The number of ether oxygens (including phenoxy) is 2. The third-order valence-electron chi connectivity index (χ3n) is 7.01. The number of unbranched alkanes of at least 4 members (excludes halogenated alkanes) is 3. The van der Waals surface area contributed by atoms with Crippen LogP contribution < -0.4 is 0 Å². The lowest BCUT2D eigenvalue weighted by atomic mass is 9.89. The van der Waals surface area contributed by atoms with Gasteiger partial charge in [0.1, 0.15) is 18.3 Å². The first kappa shape index (κ1) is 31.4. The van der Waals surface area contributed by atoms with Gasteiger partial charge in [0.05, 0.1) is 18.3 Å². The van der Waals surface area contributed by atoms with Gasteiger partial charge >= 0.3 is 11.9 Å². The van der Waals surface area contributed by atoms with E-state index in [2.05, 4.69) is 0 Å². The second-order valence-corrected chi connectivity index (χ2v) is 9.89. The van der Waals surface area contributed by atoms with Crippen LogP contribution in [0.4, 0.5) is 0 Å². The molecule has 0 spiro atoms. The van der Waals surface area contributed by atoms with Gasteiger partial charge in [0.2, 0.25) is 0 Å². The van der Waals surface area contributed by atoms with Crippen molar-refractivity contribution in [2.75, 3.05) is 0 Å². The number of carboxylic acid groups (broad SMARTS) is 2. The summed E-state index contributed by atoms with van der Waals surface area (Å²) in [5, 5.41) is 69.4. The van der Waals surface area contributed by atoms with E-state index in [4.69, 9.17) is 14.6 Å². The number of aliphatic hydroxyl groups excluding tert-OH is 5. The fourth-order valence-corrected chi connectivity index (χ4v) is 4.84. The van der Waals surface area contributed by atoms with Gasteiger partial charge in [0, 0.05) is 18.8 Å². The lowest BCUT2D eigenvalue weighted by Gasteiger charge is -2.39. The predicted octanol–water partition coefficient (Wildman–Crippen LogP) is 0.959. The number of hydrogen-bond acceptors (Lipinski definition) is 9. The normalized spacial score (nSPS) is 35.4. The summed E-state index contributed by atoms with van der Waals surface area (Å²) in [5.74, 6) is -2.98. The largest absolute Gasteiger partial charge is 0.481 e. The van der Waals surface area contributed by atoms with E-state index in [9.17, 15) is 40.2 Å². The van der Waals surface area contributed by atoms with Crippen molar-refractivity contribution in [3.05, 3.63) is 24.3 Å². The molecule has 1 heterocycles. The minimum atomic E-state index is -1.81. The van der Waals surface area contributed by atoms with Gasteiger partial charge < -0.3 is 45.2 Å². The van der Waals surface area contributed by atoms with Crippen LogP contribution in [-0.4, -0.2) is 96.7 Å². The predicted molar refractivity (Wildman–Crippen MR) is 131 cm³/mol. The van der Waals surface area contributed by atoms with Crippen LogP contribution in [-0.2, 0) is 19.1 Å². The summed E-state index contributed by atoms with van der Waals surface area (Å²) < 4.78 is 11.1. The van der Waals surface area contributed by atoms with Gasteiger partial charge in [-0.05, 0) is 31.6 Å². The molecule has 11 heteroatoms. The third kappa shape index (κ3) is 9.43. The quantitative estimate of drug-likeness (QED) is 0.118. The first-order valence-corrected chi connectivity index (χ1v) is 13.1. The molecule has 0 amide bonds. The van der Waals surface area contributed by atoms with E-state index >= 15 is 0 Å². The molecule has 0 radical (unpaired) electrons. The van der Waals surface area contributed by atoms with Crippen LogP contribution in [0.25, 0.3) is 0 Å². The molecule has 1 saturated heterocycles. The monoisotopic (exact) mass is 530 g/mol. The second-order valence-electron chi connectivity index (χ2n) is 9.89. The third-order valence-corrected chi connectivity index (χ3v) is 7.01. The standard InChI is InChI=1S/C26H42O11/c1-2-3-6-9-15(36-26-23(33)21(31)22(32)24(37-26)25(34)35)12-13-17-16(18(27)14-19(17)28)10-7-4-5-8-11-20(29)30/h4,7,12-13,15-19,21-24,26-28,31-33H,2-3,5-6,8-11,14H2,1H3,(H,29,30)(H,34,35)/b7-4-,13-12+/t15-,16-,17+,18-,19+,21?,22+,23-,24+,26-/m0/s1. The lowest BCUT2D eigenvalue weighted by Crippen LogP contribution is -2.60. The van der Waals surface area contributed by atoms with Crippen molar-refractivity contribution in [1.82, 2.24) is 0 Å². The summed E-state index contributed by atoms with van der Waals surface area (Å²) >= 11 is 0. The maximum atomic E-state index is 11.4. The van der Waals surface area contributed by atoms with Crippen molar-refractivity contribution < 1.29 is 54.8 Å². The van der Waals surface area contributed by atoms with Crippen LogP contribution in [0.2, 0.25) is 0 Å². The molecular weight excluding hydrogens is 488 g/mol. The molecule has 10 atom stereocenters. The van der Waals surface area contributed by atoms with Crippen molar-refractivity contribution >= 4 is 11.9 Å². The summed E-state index contributed by atoms with van der Waals surface area (Å²) in [5.41, 5.74) is 0. The molecule has 1 unspecified atom stereocenters. The lowest BCUT2D eigenvalue weighted by molar-refractivity contribution is -0.300. The van der Waals surface area contributed by atoms with Crippen LogP contribution in [0.5, 0.6) is 0 Å². The number of hydrogen-bond donors (Lipinski definition) is 7. The Morgan fingerprint density at radius 3 is 2.35 bits per heavy atom. The highest BCUT2D eigenvalue weighted by molar-refractivity contribution is 5.73. The second kappa shape index (κ2) is 15.5. The van der Waals surface area contributed by atoms with Crippen LogP contribution in [0.3, 0.4) is 0 Å². The summed E-state index contributed by atoms with van der Waals surface area (Å²) in [6.07, 6.45) is 1.63. The zero-order valence-corrected chi connectivity index (χ0v) is 21.2. The highest BCUT2D eigenvalue weighted by Gasteiger charge is 2.48. The number of rotatable bonds is 15. The summed E-state index contributed by atoms with van der Waals surface area (Å²) in [6, 6.07) is 0. The Morgan fingerprint density at radius 1 is 0.973 bits per heavy atom. The Kier molecular flexibility index (Phi) is 13.2. The molecule has 0 aromatic rings. The average Bonchev–Trinajstić information content (AvgIpc) is 3.11. The highest BCUT2D eigenvalue weighted by Crippen LogP contribution is 2.36. The molecule has 0 aromatic heterocycles. The molecule has 1 aliphatic heterocycles. The Balaban J connectivity index is 2.09. The molecular formula is C26H42O11. The maximum Gasteiger partial charge on any atom is 0.335 e. The van der Waals surface area contributed by atoms with Gasteiger partial charge in [0.25, 0.3) is 0 Å². The van der Waals surface area contributed by atoms with Crippen molar-refractivity contribution in [3.8, 4) is 0 Å². The summed E-state index contributed by atoms with van der Waals surface area (Å²) in [4.78, 5) is 22.0. The minimum absolute atomic E-state index is 0.0858. The molecule has 2 fully saturated rings.